The van der Waals surface area contributed by atoms with E-state index in [0.717, 1.165) is 16.7 Å². The van der Waals surface area contributed by atoms with Crippen molar-refractivity contribution in [1.29, 1.82) is 0 Å². The minimum atomic E-state index is -0.500. The standard InChI is InChI=1S/C19H21BrO6S/c1-19(2,3)26-25-9-8-24-15-14(20)16(27-17(15)18(22)23-4)13-7-5-6-12(10-13)11-21/h5-7,10-11H,8-9H2,1-4H3. The zero-order valence-corrected chi connectivity index (χ0v) is 17.9. The third kappa shape index (κ3) is 5.87. The summed E-state index contributed by atoms with van der Waals surface area (Å²) in [5.41, 5.74) is 0.920. The van der Waals surface area contributed by atoms with Crippen LogP contribution in [0.15, 0.2) is 28.7 Å². The average Bonchev–Trinajstić information content (AvgIpc) is 2.96. The number of thiophene rings is 1. The number of halogens is 1. The Morgan fingerprint density at radius 3 is 2.63 bits per heavy atom. The van der Waals surface area contributed by atoms with Crippen molar-refractivity contribution < 1.29 is 28.8 Å². The van der Waals surface area contributed by atoms with Crippen molar-refractivity contribution >= 4 is 39.5 Å². The Morgan fingerprint density at radius 2 is 2.00 bits per heavy atom. The molecule has 0 saturated heterocycles. The molecule has 0 N–H and O–H groups in total. The van der Waals surface area contributed by atoms with Crippen LogP contribution >= 0.6 is 27.3 Å². The van der Waals surface area contributed by atoms with Crippen LogP contribution in [-0.4, -0.2) is 38.2 Å². The van der Waals surface area contributed by atoms with Gasteiger partial charge < -0.3 is 9.47 Å². The first kappa shape index (κ1) is 21.6. The number of hydrogen-bond acceptors (Lipinski definition) is 7. The molecule has 0 fully saturated rings. The molecular weight excluding hydrogens is 436 g/mol. The SMILES string of the molecule is COC(=O)c1sc(-c2cccc(C=O)c2)c(Br)c1OCCOOC(C)(C)C. The van der Waals surface area contributed by atoms with Gasteiger partial charge >= 0.3 is 5.97 Å². The van der Waals surface area contributed by atoms with Crippen molar-refractivity contribution in [2.75, 3.05) is 20.3 Å². The van der Waals surface area contributed by atoms with Gasteiger partial charge in [0.05, 0.1) is 22.1 Å². The van der Waals surface area contributed by atoms with Gasteiger partial charge in [0.2, 0.25) is 0 Å². The summed E-state index contributed by atoms with van der Waals surface area (Å²) in [6, 6.07) is 7.09. The third-order valence-electron chi connectivity index (χ3n) is 3.19. The summed E-state index contributed by atoms with van der Waals surface area (Å²) in [7, 11) is 1.31. The molecule has 27 heavy (non-hydrogen) atoms. The molecule has 1 aromatic heterocycles. The number of hydrogen-bond donors (Lipinski definition) is 0. The van der Waals surface area contributed by atoms with E-state index in [1.165, 1.54) is 18.4 Å². The Balaban J connectivity index is 2.23. The summed E-state index contributed by atoms with van der Waals surface area (Å²) < 4.78 is 11.2. The van der Waals surface area contributed by atoms with Crippen molar-refractivity contribution in [1.82, 2.24) is 0 Å². The van der Waals surface area contributed by atoms with E-state index in [4.69, 9.17) is 19.2 Å². The zero-order valence-electron chi connectivity index (χ0n) is 15.5. The molecule has 0 aliphatic heterocycles. The largest absolute Gasteiger partial charge is 0.488 e. The molecule has 0 atom stereocenters. The van der Waals surface area contributed by atoms with Crippen LogP contribution in [0.5, 0.6) is 5.75 Å². The van der Waals surface area contributed by atoms with Crippen LogP contribution in [-0.2, 0) is 14.5 Å². The number of benzene rings is 1. The molecule has 6 nitrogen and oxygen atoms in total. The number of carbonyl (C=O) groups excluding carboxylic acids is 2. The van der Waals surface area contributed by atoms with Gasteiger partial charge in [0, 0.05) is 5.56 Å². The second-order valence-corrected chi connectivity index (χ2v) is 8.32. The lowest BCUT2D eigenvalue weighted by Crippen LogP contribution is -2.21. The number of carbonyl (C=O) groups is 2. The number of esters is 1. The molecule has 0 spiro atoms. The molecule has 1 heterocycles. The van der Waals surface area contributed by atoms with Crippen LogP contribution in [0.4, 0.5) is 0 Å². The molecule has 0 bridgehead atoms. The number of aldehydes is 1. The van der Waals surface area contributed by atoms with Gasteiger partial charge in [-0.3, -0.25) is 4.79 Å². The van der Waals surface area contributed by atoms with E-state index in [-0.39, 0.29) is 13.2 Å². The smallest absolute Gasteiger partial charge is 0.351 e. The lowest BCUT2D eigenvalue weighted by molar-refractivity contribution is -0.349. The predicted molar refractivity (Wildman–Crippen MR) is 106 cm³/mol. The molecule has 2 rings (SSSR count). The fourth-order valence-electron chi connectivity index (χ4n) is 2.09. The van der Waals surface area contributed by atoms with Crippen molar-refractivity contribution in [2.45, 2.75) is 26.4 Å². The van der Waals surface area contributed by atoms with Gasteiger partial charge in [-0.25, -0.2) is 14.6 Å². The molecule has 0 unspecified atom stereocenters. The predicted octanol–water partition coefficient (Wildman–Crippen LogP) is 4.90. The maximum Gasteiger partial charge on any atom is 0.351 e. The van der Waals surface area contributed by atoms with E-state index in [2.05, 4.69) is 15.9 Å². The van der Waals surface area contributed by atoms with Crippen LogP contribution in [0.2, 0.25) is 0 Å². The van der Waals surface area contributed by atoms with Crippen molar-refractivity contribution in [3.05, 3.63) is 39.2 Å². The van der Waals surface area contributed by atoms with Gasteiger partial charge in [-0.2, -0.15) is 0 Å². The highest BCUT2D eigenvalue weighted by Gasteiger charge is 2.25. The Kier molecular flexibility index (Phi) is 7.55. The molecule has 1 aromatic carbocycles. The molecular formula is C19H21BrO6S. The topological polar surface area (TPSA) is 71.1 Å². The lowest BCUT2D eigenvalue weighted by atomic mass is 10.1. The van der Waals surface area contributed by atoms with Gasteiger partial charge in [-0.15, -0.1) is 11.3 Å². The molecule has 0 saturated carbocycles. The van der Waals surface area contributed by atoms with E-state index in [0.29, 0.717) is 20.7 Å². The summed E-state index contributed by atoms with van der Waals surface area (Å²) >= 11 is 4.73. The van der Waals surface area contributed by atoms with Gasteiger partial charge in [0.15, 0.2) is 10.6 Å². The molecule has 2 aromatic rings. The second kappa shape index (κ2) is 9.45. The van der Waals surface area contributed by atoms with Gasteiger partial charge in [-0.05, 0) is 48.3 Å². The van der Waals surface area contributed by atoms with Crippen LogP contribution in [0.3, 0.4) is 0 Å². The molecule has 0 aliphatic rings. The van der Waals surface area contributed by atoms with E-state index in [1.807, 2.05) is 26.8 Å². The summed E-state index contributed by atoms with van der Waals surface area (Å²) in [6.07, 6.45) is 0.774. The maximum absolute atomic E-state index is 12.1. The summed E-state index contributed by atoms with van der Waals surface area (Å²) in [6.45, 7) is 5.99. The number of ether oxygens (including phenoxy) is 2. The van der Waals surface area contributed by atoms with Crippen LogP contribution in [0.1, 0.15) is 40.8 Å². The quantitative estimate of drug-likeness (QED) is 0.185. The lowest BCUT2D eigenvalue weighted by Gasteiger charge is -2.17. The summed E-state index contributed by atoms with van der Waals surface area (Å²) in [5.74, 6) is -0.127. The van der Waals surface area contributed by atoms with Crippen molar-refractivity contribution in [2.24, 2.45) is 0 Å². The summed E-state index contributed by atoms with van der Waals surface area (Å²) in [4.78, 5) is 34.6. The van der Waals surface area contributed by atoms with E-state index < -0.39 is 11.6 Å². The minimum absolute atomic E-state index is 0.184. The fourth-order valence-corrected chi connectivity index (χ4v) is 4.05. The normalized spacial score (nSPS) is 11.3. The van der Waals surface area contributed by atoms with Crippen molar-refractivity contribution in [3.63, 3.8) is 0 Å². The van der Waals surface area contributed by atoms with Gasteiger partial charge in [-0.1, -0.05) is 18.2 Å². The molecule has 146 valence electrons. The number of rotatable bonds is 8. The van der Waals surface area contributed by atoms with E-state index in [1.54, 1.807) is 18.2 Å². The Bertz CT molecular complexity index is 809. The molecule has 0 radical (unpaired) electrons. The maximum atomic E-state index is 12.1. The molecule has 0 amide bonds. The molecule has 0 aliphatic carbocycles. The van der Waals surface area contributed by atoms with Gasteiger partial charge in [0.1, 0.15) is 19.5 Å². The van der Waals surface area contributed by atoms with Crippen LogP contribution in [0, 0.1) is 0 Å². The van der Waals surface area contributed by atoms with E-state index >= 15 is 0 Å². The first-order valence-corrected chi connectivity index (χ1v) is 9.77. The van der Waals surface area contributed by atoms with Crippen molar-refractivity contribution in [3.8, 4) is 16.2 Å². The monoisotopic (exact) mass is 456 g/mol. The third-order valence-corrected chi connectivity index (χ3v) is 5.41. The Labute approximate surface area is 170 Å². The highest BCUT2D eigenvalue weighted by molar-refractivity contribution is 9.10. The Morgan fingerprint density at radius 1 is 1.26 bits per heavy atom. The highest BCUT2D eigenvalue weighted by atomic mass is 79.9. The second-order valence-electron chi connectivity index (χ2n) is 6.50. The average molecular weight is 457 g/mol. The van der Waals surface area contributed by atoms with Gasteiger partial charge in [0.25, 0.3) is 0 Å². The fraction of sp³-hybridized carbons (Fsp3) is 0.368. The summed E-state index contributed by atoms with van der Waals surface area (Å²) in [5, 5.41) is 0. The minimum Gasteiger partial charge on any atom is -0.488 e. The zero-order chi connectivity index (χ0) is 20.0. The number of methoxy groups -OCH3 is 1. The highest BCUT2D eigenvalue weighted by Crippen LogP contribution is 2.46. The van der Waals surface area contributed by atoms with Crippen LogP contribution < -0.4 is 4.74 Å². The molecule has 8 heteroatoms. The Hall–Kier alpha value is -1.74. The first-order chi connectivity index (χ1) is 12.8. The van der Waals surface area contributed by atoms with Crippen LogP contribution in [0.25, 0.3) is 10.4 Å². The van der Waals surface area contributed by atoms with E-state index in [9.17, 15) is 9.59 Å². The first-order valence-electron chi connectivity index (χ1n) is 8.16.